The maximum absolute atomic E-state index is 6.39. The smallest absolute Gasteiger partial charge is 0.143 e. The van der Waals surface area contributed by atoms with Gasteiger partial charge in [-0.1, -0.05) is 158 Å². The molecule has 9 aromatic carbocycles. The zero-order valence-electron chi connectivity index (χ0n) is 35.0. The van der Waals surface area contributed by atoms with E-state index in [1.807, 2.05) is 24.3 Å². The van der Waals surface area contributed by atoms with E-state index in [9.17, 15) is 0 Å². The van der Waals surface area contributed by atoms with Crippen molar-refractivity contribution in [1.82, 2.24) is 0 Å². The molecule has 2 heterocycles. The summed E-state index contributed by atoms with van der Waals surface area (Å²) >= 11 is 0. The summed E-state index contributed by atoms with van der Waals surface area (Å²) in [4.78, 5) is 4.67. The Balaban J connectivity index is 0.809. The molecule has 4 nitrogen and oxygen atoms in total. The lowest BCUT2D eigenvalue weighted by Crippen LogP contribution is -2.17. The van der Waals surface area contributed by atoms with Gasteiger partial charge in [0.1, 0.15) is 22.3 Å². The Labute approximate surface area is 371 Å². The third-order valence-electron chi connectivity index (χ3n) is 12.6. The molecule has 4 heteroatoms. The summed E-state index contributed by atoms with van der Waals surface area (Å²) < 4.78 is 12.8. The van der Waals surface area contributed by atoms with Gasteiger partial charge in [-0.25, -0.2) is 0 Å². The summed E-state index contributed by atoms with van der Waals surface area (Å²) in [5.74, 6) is 0.257. The van der Waals surface area contributed by atoms with E-state index in [4.69, 9.17) is 8.83 Å². The Hall–Kier alpha value is -8.34. The van der Waals surface area contributed by atoms with E-state index in [2.05, 4.69) is 222 Å². The second-order valence-electron chi connectivity index (χ2n) is 16.4. The molecule has 304 valence electrons. The fourth-order valence-corrected chi connectivity index (χ4v) is 9.47. The van der Waals surface area contributed by atoms with Crippen LogP contribution < -0.4 is 9.80 Å². The highest BCUT2D eigenvalue weighted by molar-refractivity contribution is 6.10. The minimum absolute atomic E-state index is 0.257. The molecule has 0 radical (unpaired) electrons. The van der Waals surface area contributed by atoms with Gasteiger partial charge in [0.05, 0.1) is 0 Å². The van der Waals surface area contributed by atoms with Gasteiger partial charge in [0, 0.05) is 72.7 Å². The van der Waals surface area contributed by atoms with E-state index in [0.29, 0.717) is 0 Å². The van der Waals surface area contributed by atoms with Crippen LogP contribution in [0.15, 0.2) is 251 Å². The van der Waals surface area contributed by atoms with Crippen LogP contribution in [-0.2, 0) is 0 Å². The largest absolute Gasteiger partial charge is 0.455 e. The van der Waals surface area contributed by atoms with Crippen LogP contribution in [0.4, 0.5) is 28.4 Å². The van der Waals surface area contributed by atoms with Crippen LogP contribution in [0, 0.1) is 0 Å². The minimum Gasteiger partial charge on any atom is -0.455 e. The van der Waals surface area contributed by atoms with Gasteiger partial charge in [-0.15, -0.1) is 0 Å². The average Bonchev–Trinajstić information content (AvgIpc) is 3.95. The molecule has 0 fully saturated rings. The van der Waals surface area contributed by atoms with Crippen molar-refractivity contribution in [2.75, 3.05) is 9.80 Å². The van der Waals surface area contributed by atoms with Gasteiger partial charge < -0.3 is 18.6 Å². The lowest BCUT2D eigenvalue weighted by atomic mass is 9.91. The second kappa shape index (κ2) is 15.8. The number of allylic oxidation sites excluding steroid dienone is 3. The number of benzene rings is 9. The topological polar surface area (TPSA) is 32.8 Å². The molecule has 0 aliphatic heterocycles. The number of nitrogens with zero attached hydrogens (tertiary/aromatic N) is 2. The third-order valence-corrected chi connectivity index (χ3v) is 12.6. The highest BCUT2D eigenvalue weighted by atomic mass is 16.3. The van der Waals surface area contributed by atoms with E-state index >= 15 is 0 Å². The molecule has 0 amide bonds. The van der Waals surface area contributed by atoms with Crippen LogP contribution in [0.1, 0.15) is 17.9 Å². The van der Waals surface area contributed by atoms with Crippen LogP contribution in [0.5, 0.6) is 0 Å². The van der Waals surface area contributed by atoms with Gasteiger partial charge >= 0.3 is 0 Å². The minimum atomic E-state index is 0.257. The molecular formula is C60H42N2O2. The second-order valence-corrected chi connectivity index (χ2v) is 16.4. The number of fused-ring (bicyclic) bond motifs is 6. The SMILES string of the molecule is C1=CC(c2ccc(N(c3ccccc3)c3ccc(-c4cccc5c4oc4ccccc45)cc3)cc2)CC=C1N(c1ccccc1)c1ccc(-c2cccc3c2oc2ccccc23)cc1. The monoisotopic (exact) mass is 822 g/mol. The highest BCUT2D eigenvalue weighted by Crippen LogP contribution is 2.42. The molecule has 0 saturated heterocycles. The van der Waals surface area contributed by atoms with Crippen LogP contribution in [0.25, 0.3) is 66.1 Å². The number of anilines is 5. The Bertz CT molecular complexity index is 3510. The summed E-state index contributed by atoms with van der Waals surface area (Å²) in [6.45, 7) is 0. The molecule has 1 aliphatic rings. The van der Waals surface area contributed by atoms with Crippen LogP contribution in [-0.4, -0.2) is 0 Å². The van der Waals surface area contributed by atoms with Gasteiger partial charge in [-0.2, -0.15) is 0 Å². The normalized spacial score (nSPS) is 13.8. The zero-order valence-corrected chi connectivity index (χ0v) is 35.0. The lowest BCUT2D eigenvalue weighted by Gasteiger charge is -2.29. The summed E-state index contributed by atoms with van der Waals surface area (Å²) in [6, 6.07) is 77.3. The number of hydrogen-bond acceptors (Lipinski definition) is 4. The predicted molar refractivity (Wildman–Crippen MR) is 266 cm³/mol. The highest BCUT2D eigenvalue weighted by Gasteiger charge is 2.21. The first-order valence-corrected chi connectivity index (χ1v) is 21.9. The van der Waals surface area contributed by atoms with Crippen LogP contribution >= 0.6 is 0 Å². The third kappa shape index (κ3) is 6.64. The maximum Gasteiger partial charge on any atom is 0.143 e. The maximum atomic E-state index is 6.39. The lowest BCUT2D eigenvalue weighted by molar-refractivity contribution is 0.669. The number of para-hydroxylation sites is 6. The van der Waals surface area contributed by atoms with Crippen molar-refractivity contribution in [1.29, 1.82) is 0 Å². The van der Waals surface area contributed by atoms with E-state index in [1.165, 1.54) is 5.56 Å². The number of rotatable bonds is 9. The molecule has 0 spiro atoms. The molecule has 1 atom stereocenters. The van der Waals surface area contributed by atoms with E-state index in [1.54, 1.807) is 0 Å². The van der Waals surface area contributed by atoms with Crippen molar-refractivity contribution in [2.24, 2.45) is 0 Å². The molecule has 1 unspecified atom stereocenters. The Morgan fingerprint density at radius 1 is 0.359 bits per heavy atom. The molecule has 0 N–H and O–H groups in total. The first kappa shape index (κ1) is 37.4. The molecule has 64 heavy (non-hydrogen) atoms. The zero-order chi connectivity index (χ0) is 42.4. The molecule has 11 aromatic rings. The van der Waals surface area contributed by atoms with Crippen LogP contribution in [0.3, 0.4) is 0 Å². The molecule has 2 aromatic heterocycles. The number of hydrogen-bond donors (Lipinski definition) is 0. The van der Waals surface area contributed by atoms with E-state index < -0.39 is 0 Å². The summed E-state index contributed by atoms with van der Waals surface area (Å²) in [7, 11) is 0. The first-order chi connectivity index (χ1) is 31.7. The van der Waals surface area contributed by atoms with Gasteiger partial charge in [0.25, 0.3) is 0 Å². The Morgan fingerprint density at radius 2 is 0.781 bits per heavy atom. The van der Waals surface area contributed by atoms with Crippen molar-refractivity contribution in [3.05, 3.63) is 248 Å². The van der Waals surface area contributed by atoms with Gasteiger partial charge in [0.2, 0.25) is 0 Å². The predicted octanol–water partition coefficient (Wildman–Crippen LogP) is 17.1. The van der Waals surface area contributed by atoms with Crippen molar-refractivity contribution >= 4 is 72.3 Å². The van der Waals surface area contributed by atoms with Gasteiger partial charge in [-0.05, 0) is 102 Å². The molecule has 1 aliphatic carbocycles. The summed E-state index contributed by atoms with van der Waals surface area (Å²) in [6.07, 6.45) is 7.90. The Morgan fingerprint density at radius 3 is 1.28 bits per heavy atom. The van der Waals surface area contributed by atoms with Crippen molar-refractivity contribution in [3.8, 4) is 22.3 Å². The van der Waals surface area contributed by atoms with Crippen molar-refractivity contribution < 1.29 is 8.83 Å². The first-order valence-electron chi connectivity index (χ1n) is 21.9. The Kier molecular flexibility index (Phi) is 9.27. The fraction of sp³-hybridized carbons (Fsp3) is 0.0333. The summed E-state index contributed by atoms with van der Waals surface area (Å²) in [5, 5.41) is 4.55. The van der Waals surface area contributed by atoms with Crippen molar-refractivity contribution in [3.63, 3.8) is 0 Å². The summed E-state index contributed by atoms with van der Waals surface area (Å²) in [5.41, 5.74) is 16.0. The standard InChI is InChI=1S/C60H42N2O2/c1-3-13-45(14-4-1)61(49-37-29-43(30-38-49)51-19-11-21-55-53-17-7-9-23-57(53)63-59(51)55)47-33-25-41(26-34-47)42-27-35-48(36-28-42)62(46-15-5-2-6-16-46)50-39-31-44(32-40-50)52-20-12-22-56-54-18-8-10-24-58(54)64-60(52)56/h1-27,29-40,42H,28H2. The van der Waals surface area contributed by atoms with E-state index in [-0.39, 0.29) is 5.92 Å². The molecule has 0 bridgehead atoms. The molecular weight excluding hydrogens is 781 g/mol. The fourth-order valence-electron chi connectivity index (χ4n) is 9.47. The molecule has 12 rings (SSSR count). The average molecular weight is 823 g/mol. The van der Waals surface area contributed by atoms with Gasteiger partial charge in [0.15, 0.2) is 0 Å². The van der Waals surface area contributed by atoms with E-state index in [0.717, 1.165) is 107 Å². The molecule has 0 saturated carbocycles. The van der Waals surface area contributed by atoms with Crippen LogP contribution in [0.2, 0.25) is 0 Å². The van der Waals surface area contributed by atoms with Gasteiger partial charge in [-0.3, -0.25) is 0 Å². The quantitative estimate of drug-likeness (QED) is 0.145. The van der Waals surface area contributed by atoms with Crippen molar-refractivity contribution in [2.45, 2.75) is 12.3 Å². The number of furan rings is 2.